The molecule has 0 atom stereocenters. The molecule has 0 saturated carbocycles. The van der Waals surface area contributed by atoms with E-state index >= 15 is 0 Å². The molecule has 118 valence electrons. The molecule has 0 fully saturated rings. The van der Waals surface area contributed by atoms with E-state index in [-0.39, 0.29) is 0 Å². The zero-order valence-corrected chi connectivity index (χ0v) is 14.4. The molecule has 0 aromatic heterocycles. The molecule has 0 aliphatic rings. The zero-order valence-electron chi connectivity index (χ0n) is 12.8. The Morgan fingerprint density at radius 2 is 1.70 bits per heavy atom. The number of rotatable bonds is 7. The van der Waals surface area contributed by atoms with Crippen molar-refractivity contribution in [1.82, 2.24) is 0 Å². The molecule has 0 spiro atoms. The molecule has 0 N–H and O–H groups in total. The summed E-state index contributed by atoms with van der Waals surface area (Å²) >= 11 is 3.48. The Labute approximate surface area is 144 Å². The molecular weight excluding hydrogens is 361 g/mol. The molecule has 2 aromatic rings. The molecular formula is C16H15BBrNO4. The van der Waals surface area contributed by atoms with Crippen LogP contribution < -0.4 is 4.74 Å². The Bertz CT molecular complexity index is 683. The smallest absolute Gasteiger partial charge is 0.457 e. The Hall–Kier alpha value is -1.85. The number of halogens is 1. The Balaban J connectivity index is 2.08. The minimum absolute atomic E-state index is 0.306. The fourth-order valence-electron chi connectivity index (χ4n) is 1.84. The molecule has 0 bridgehead atoms. The predicted molar refractivity (Wildman–Crippen MR) is 91.5 cm³/mol. The number of benzene rings is 2. The Kier molecular flexibility index (Phi) is 6.62. The average molecular weight is 376 g/mol. The summed E-state index contributed by atoms with van der Waals surface area (Å²) in [4.78, 5) is 3.35. The summed E-state index contributed by atoms with van der Waals surface area (Å²) in [6.07, 6.45) is 0. The lowest BCUT2D eigenvalue weighted by Gasteiger charge is -2.12. The molecule has 0 unspecified atom stereocenters. The van der Waals surface area contributed by atoms with Gasteiger partial charge in [0.2, 0.25) is 0 Å². The van der Waals surface area contributed by atoms with Gasteiger partial charge in [-0.3, -0.25) is 0 Å². The van der Waals surface area contributed by atoms with E-state index in [1.54, 1.807) is 24.3 Å². The monoisotopic (exact) mass is 375 g/mol. The van der Waals surface area contributed by atoms with E-state index in [0.717, 1.165) is 10.0 Å². The second-order valence-corrected chi connectivity index (χ2v) is 5.39. The predicted octanol–water partition coefficient (Wildman–Crippen LogP) is 4.59. The Morgan fingerprint density at radius 1 is 1.04 bits per heavy atom. The van der Waals surface area contributed by atoms with Crippen molar-refractivity contribution in [2.45, 2.75) is 6.61 Å². The van der Waals surface area contributed by atoms with Crippen LogP contribution in [-0.4, -0.2) is 21.5 Å². The molecule has 2 aromatic carbocycles. The SMILES string of the molecule is [C-]#[N+]c1ccc(Oc2ccc(Br)c(COB(OC)OC)c2)cc1. The second kappa shape index (κ2) is 8.70. The molecule has 0 amide bonds. The number of hydrogen-bond donors (Lipinski definition) is 0. The van der Waals surface area contributed by atoms with Gasteiger partial charge in [-0.1, -0.05) is 28.1 Å². The van der Waals surface area contributed by atoms with Gasteiger partial charge < -0.3 is 18.7 Å². The summed E-state index contributed by atoms with van der Waals surface area (Å²) < 4.78 is 22.2. The van der Waals surface area contributed by atoms with Crippen LogP contribution in [0.2, 0.25) is 0 Å². The van der Waals surface area contributed by atoms with E-state index in [2.05, 4.69) is 20.8 Å². The van der Waals surface area contributed by atoms with Gasteiger partial charge in [0.15, 0.2) is 5.69 Å². The van der Waals surface area contributed by atoms with Crippen molar-refractivity contribution in [2.75, 3.05) is 14.2 Å². The standard InChI is InChI=1S/C16H15BBrNO4/c1-19-13-4-6-14(7-5-13)23-15-8-9-16(18)12(10-15)11-22-17(20-2)21-3/h4-10H,11H2,2-3H3. The number of nitrogens with zero attached hydrogens (tertiary/aromatic N) is 1. The van der Waals surface area contributed by atoms with E-state index in [0.29, 0.717) is 23.8 Å². The second-order valence-electron chi connectivity index (χ2n) is 4.53. The topological polar surface area (TPSA) is 41.3 Å². The first-order valence-electron chi connectivity index (χ1n) is 6.77. The molecule has 0 saturated heterocycles. The molecule has 0 aliphatic carbocycles. The van der Waals surface area contributed by atoms with Gasteiger partial charge in [0.05, 0.1) is 13.2 Å². The van der Waals surface area contributed by atoms with E-state index in [4.69, 9.17) is 25.3 Å². The third-order valence-electron chi connectivity index (χ3n) is 2.98. The molecule has 23 heavy (non-hydrogen) atoms. The maximum Gasteiger partial charge on any atom is 0.639 e. The number of ether oxygens (including phenoxy) is 1. The lowest BCUT2D eigenvalue weighted by Crippen LogP contribution is -2.23. The fraction of sp³-hybridized carbons (Fsp3) is 0.188. The normalized spacial score (nSPS) is 10.2. The van der Waals surface area contributed by atoms with E-state index in [1.165, 1.54) is 14.2 Å². The largest absolute Gasteiger partial charge is 0.639 e. The summed E-state index contributed by atoms with van der Waals surface area (Å²) in [7, 11) is 2.30. The maximum absolute atomic E-state index is 6.94. The zero-order chi connectivity index (χ0) is 16.7. The van der Waals surface area contributed by atoms with Crippen LogP contribution in [0.1, 0.15) is 5.56 Å². The quantitative estimate of drug-likeness (QED) is 0.524. The van der Waals surface area contributed by atoms with Crippen LogP contribution >= 0.6 is 15.9 Å². The van der Waals surface area contributed by atoms with Crippen LogP contribution in [0.5, 0.6) is 11.5 Å². The van der Waals surface area contributed by atoms with Gasteiger partial charge in [0.25, 0.3) is 0 Å². The molecule has 7 heteroatoms. The third-order valence-corrected chi connectivity index (χ3v) is 3.75. The summed E-state index contributed by atoms with van der Waals surface area (Å²) in [6, 6.07) is 12.6. The molecule has 0 heterocycles. The van der Waals surface area contributed by atoms with Gasteiger partial charge in [-0.15, -0.1) is 0 Å². The van der Waals surface area contributed by atoms with Gasteiger partial charge in [-0.2, -0.15) is 0 Å². The van der Waals surface area contributed by atoms with Crippen molar-refractivity contribution < 1.29 is 18.7 Å². The first kappa shape index (κ1) is 17.5. The summed E-state index contributed by atoms with van der Waals surface area (Å²) in [6.45, 7) is 7.25. The first-order chi connectivity index (χ1) is 11.2. The van der Waals surface area contributed by atoms with Crippen LogP contribution in [0.25, 0.3) is 4.85 Å². The van der Waals surface area contributed by atoms with Crippen molar-refractivity contribution in [3.63, 3.8) is 0 Å². The highest BCUT2D eigenvalue weighted by atomic mass is 79.9. The van der Waals surface area contributed by atoms with Gasteiger partial charge >= 0.3 is 7.32 Å². The lowest BCUT2D eigenvalue weighted by atomic mass is 10.2. The van der Waals surface area contributed by atoms with Crippen molar-refractivity contribution in [1.29, 1.82) is 0 Å². The first-order valence-corrected chi connectivity index (χ1v) is 7.56. The molecule has 0 radical (unpaired) electrons. The highest BCUT2D eigenvalue weighted by molar-refractivity contribution is 9.10. The third kappa shape index (κ3) is 5.08. The fourth-order valence-corrected chi connectivity index (χ4v) is 2.20. The summed E-state index contributed by atoms with van der Waals surface area (Å²) in [5, 5.41) is 0. The minimum atomic E-state index is -0.715. The van der Waals surface area contributed by atoms with Crippen molar-refractivity contribution >= 4 is 28.9 Å². The summed E-state index contributed by atoms with van der Waals surface area (Å²) in [5.41, 5.74) is 1.48. The van der Waals surface area contributed by atoms with E-state index in [1.807, 2.05) is 18.2 Å². The van der Waals surface area contributed by atoms with Gasteiger partial charge in [-0.25, -0.2) is 4.85 Å². The van der Waals surface area contributed by atoms with Gasteiger partial charge in [0, 0.05) is 18.7 Å². The lowest BCUT2D eigenvalue weighted by molar-refractivity contribution is 0.128. The average Bonchev–Trinajstić information content (AvgIpc) is 2.59. The molecule has 5 nitrogen and oxygen atoms in total. The van der Waals surface area contributed by atoms with Crippen LogP contribution in [0.4, 0.5) is 5.69 Å². The Morgan fingerprint density at radius 3 is 2.30 bits per heavy atom. The van der Waals surface area contributed by atoms with Gasteiger partial charge in [0.1, 0.15) is 11.5 Å². The van der Waals surface area contributed by atoms with E-state index < -0.39 is 7.32 Å². The van der Waals surface area contributed by atoms with Crippen LogP contribution in [0.15, 0.2) is 46.9 Å². The van der Waals surface area contributed by atoms with Crippen LogP contribution in [0.3, 0.4) is 0 Å². The van der Waals surface area contributed by atoms with Gasteiger partial charge in [-0.05, 0) is 35.9 Å². The highest BCUT2D eigenvalue weighted by Crippen LogP contribution is 2.28. The van der Waals surface area contributed by atoms with Crippen molar-refractivity contribution in [3.05, 3.63) is 63.9 Å². The van der Waals surface area contributed by atoms with Crippen molar-refractivity contribution in [3.8, 4) is 11.5 Å². The highest BCUT2D eigenvalue weighted by Gasteiger charge is 2.17. The molecule has 0 aliphatic heterocycles. The van der Waals surface area contributed by atoms with E-state index in [9.17, 15) is 0 Å². The minimum Gasteiger partial charge on any atom is -0.457 e. The summed E-state index contributed by atoms with van der Waals surface area (Å²) in [5.74, 6) is 1.34. The van der Waals surface area contributed by atoms with Crippen LogP contribution in [-0.2, 0) is 20.6 Å². The molecule has 2 rings (SSSR count). The van der Waals surface area contributed by atoms with Crippen LogP contribution in [0, 0.1) is 6.57 Å². The number of hydrogen-bond acceptors (Lipinski definition) is 4. The van der Waals surface area contributed by atoms with Crippen molar-refractivity contribution in [2.24, 2.45) is 0 Å². The maximum atomic E-state index is 6.94.